The minimum absolute atomic E-state index is 0.317. The van der Waals surface area contributed by atoms with Gasteiger partial charge in [-0.2, -0.15) is 8.78 Å². The molecule has 0 aliphatic carbocycles. The van der Waals surface area contributed by atoms with Crippen LogP contribution in [-0.4, -0.2) is 21.4 Å². The highest BCUT2D eigenvalue weighted by molar-refractivity contribution is 5.25. The zero-order valence-electron chi connectivity index (χ0n) is 9.54. The lowest BCUT2D eigenvalue weighted by Crippen LogP contribution is -2.58. The first kappa shape index (κ1) is 13.1. The van der Waals surface area contributed by atoms with E-state index in [-0.39, 0.29) is 5.56 Å². The molecule has 0 fully saturated rings. The van der Waals surface area contributed by atoms with E-state index >= 15 is 0 Å². The minimum atomic E-state index is -3.52. The molecule has 0 saturated carbocycles. The maximum Gasteiger partial charge on any atom is 0.303 e. The first-order chi connectivity index (χ1) is 7.11. The summed E-state index contributed by atoms with van der Waals surface area (Å²) in [6, 6.07) is 6.98. The smallest absolute Gasteiger partial charge is 0.303 e. The number of alkyl halides is 2. The lowest BCUT2D eigenvalue weighted by molar-refractivity contribution is -0.252. The largest absolute Gasteiger partial charge is 0.387 e. The van der Waals surface area contributed by atoms with Gasteiger partial charge in [0.1, 0.15) is 0 Å². The van der Waals surface area contributed by atoms with Crippen molar-refractivity contribution in [3.05, 3.63) is 35.9 Å². The molecule has 2 nitrogen and oxygen atoms in total. The lowest BCUT2D eigenvalue weighted by Gasteiger charge is -2.41. The van der Waals surface area contributed by atoms with Crippen LogP contribution in [0.4, 0.5) is 8.78 Å². The second kappa shape index (κ2) is 3.79. The van der Waals surface area contributed by atoms with E-state index < -0.39 is 17.1 Å². The first-order valence-corrected chi connectivity index (χ1v) is 4.99. The third-order valence-corrected chi connectivity index (χ3v) is 2.94. The monoisotopic (exact) mass is 230 g/mol. The van der Waals surface area contributed by atoms with Gasteiger partial charge in [0.05, 0.1) is 5.60 Å². The first-order valence-electron chi connectivity index (χ1n) is 4.99. The van der Waals surface area contributed by atoms with Gasteiger partial charge in [-0.15, -0.1) is 0 Å². The van der Waals surface area contributed by atoms with Crippen molar-refractivity contribution >= 4 is 0 Å². The van der Waals surface area contributed by atoms with Crippen LogP contribution in [-0.2, 0) is 5.92 Å². The Morgan fingerprint density at radius 2 is 1.38 bits per heavy atom. The fraction of sp³-hybridized carbons (Fsp3) is 0.500. The predicted octanol–water partition coefficient (Wildman–Crippen LogP) is 2.30. The summed E-state index contributed by atoms with van der Waals surface area (Å²) in [5, 5.41) is 19.4. The number of aliphatic hydroxyl groups is 2. The third kappa shape index (κ3) is 1.95. The molecule has 0 spiro atoms. The molecule has 1 atom stereocenters. The maximum absolute atomic E-state index is 14.0. The Morgan fingerprint density at radius 1 is 0.938 bits per heavy atom. The zero-order chi connectivity index (χ0) is 12.6. The zero-order valence-corrected chi connectivity index (χ0v) is 9.54. The molecule has 0 aromatic heterocycles. The van der Waals surface area contributed by atoms with Gasteiger partial charge in [0.15, 0.2) is 5.60 Å². The van der Waals surface area contributed by atoms with Gasteiger partial charge in [-0.1, -0.05) is 30.3 Å². The molecular weight excluding hydrogens is 214 g/mol. The fourth-order valence-corrected chi connectivity index (χ4v) is 1.31. The van der Waals surface area contributed by atoms with E-state index in [1.165, 1.54) is 24.3 Å². The molecule has 0 amide bonds. The number of benzene rings is 1. The quantitative estimate of drug-likeness (QED) is 0.836. The van der Waals surface area contributed by atoms with Crippen molar-refractivity contribution in [2.75, 3.05) is 0 Å². The van der Waals surface area contributed by atoms with Gasteiger partial charge in [-0.3, -0.25) is 0 Å². The summed E-state index contributed by atoms with van der Waals surface area (Å²) in [6.07, 6.45) is 0. The number of hydrogen-bond donors (Lipinski definition) is 2. The molecule has 0 bridgehead atoms. The summed E-state index contributed by atoms with van der Waals surface area (Å²) in [5.41, 5.74) is -4.77. The Balaban J connectivity index is 3.22. The summed E-state index contributed by atoms with van der Waals surface area (Å²) in [6.45, 7) is 3.24. The average Bonchev–Trinajstić information content (AvgIpc) is 2.17. The van der Waals surface area contributed by atoms with E-state index in [4.69, 9.17) is 0 Å². The molecule has 1 unspecified atom stereocenters. The minimum Gasteiger partial charge on any atom is -0.387 e. The molecule has 0 aliphatic rings. The van der Waals surface area contributed by atoms with Crippen LogP contribution in [0.3, 0.4) is 0 Å². The van der Waals surface area contributed by atoms with Crippen molar-refractivity contribution in [3.8, 4) is 0 Å². The SMILES string of the molecule is CC(C)(O)C(C)(O)C(F)(F)c1ccccc1. The van der Waals surface area contributed by atoms with Crippen LogP contribution in [0, 0.1) is 0 Å². The van der Waals surface area contributed by atoms with E-state index in [9.17, 15) is 19.0 Å². The predicted molar refractivity (Wildman–Crippen MR) is 57.3 cm³/mol. The summed E-state index contributed by atoms with van der Waals surface area (Å²) in [5.74, 6) is -3.52. The Bertz CT molecular complexity index is 353. The fourth-order valence-electron chi connectivity index (χ4n) is 1.31. The Hall–Kier alpha value is -1.00. The van der Waals surface area contributed by atoms with Crippen LogP contribution in [0.25, 0.3) is 0 Å². The van der Waals surface area contributed by atoms with E-state index in [1.54, 1.807) is 6.07 Å². The van der Waals surface area contributed by atoms with Crippen LogP contribution in [0.5, 0.6) is 0 Å². The van der Waals surface area contributed by atoms with Crippen molar-refractivity contribution in [3.63, 3.8) is 0 Å². The van der Waals surface area contributed by atoms with Gasteiger partial charge in [0.25, 0.3) is 0 Å². The van der Waals surface area contributed by atoms with E-state index in [0.29, 0.717) is 0 Å². The van der Waals surface area contributed by atoms with Crippen molar-refractivity contribution in [2.24, 2.45) is 0 Å². The van der Waals surface area contributed by atoms with E-state index in [0.717, 1.165) is 20.8 Å². The standard InChI is InChI=1S/C12H16F2O2/c1-10(2,15)11(3,16)12(13,14)9-7-5-4-6-8-9/h4-8,15-16H,1-3H3. The normalized spacial score (nSPS) is 16.9. The topological polar surface area (TPSA) is 40.5 Å². The van der Waals surface area contributed by atoms with Crippen LogP contribution in [0.2, 0.25) is 0 Å². The van der Waals surface area contributed by atoms with Crippen LogP contribution < -0.4 is 0 Å². The molecule has 0 saturated heterocycles. The molecule has 1 aromatic rings. The molecule has 1 aromatic carbocycles. The van der Waals surface area contributed by atoms with Gasteiger partial charge in [-0.25, -0.2) is 0 Å². The molecule has 90 valence electrons. The molecule has 0 aliphatic heterocycles. The lowest BCUT2D eigenvalue weighted by atomic mass is 9.79. The summed E-state index contributed by atoms with van der Waals surface area (Å²) in [7, 11) is 0. The molecule has 2 N–H and O–H groups in total. The molecule has 16 heavy (non-hydrogen) atoms. The summed E-state index contributed by atoms with van der Waals surface area (Å²) in [4.78, 5) is 0. The molecule has 0 radical (unpaired) electrons. The Kier molecular flexibility index (Phi) is 3.09. The van der Waals surface area contributed by atoms with Gasteiger partial charge in [0.2, 0.25) is 0 Å². The third-order valence-electron chi connectivity index (χ3n) is 2.94. The highest BCUT2D eigenvalue weighted by Gasteiger charge is 2.58. The Labute approximate surface area is 93.5 Å². The van der Waals surface area contributed by atoms with Crippen LogP contribution in [0.15, 0.2) is 30.3 Å². The maximum atomic E-state index is 14.0. The van der Waals surface area contributed by atoms with E-state index in [1.807, 2.05) is 0 Å². The van der Waals surface area contributed by atoms with Crippen molar-refractivity contribution in [2.45, 2.75) is 37.9 Å². The Morgan fingerprint density at radius 3 is 1.75 bits per heavy atom. The van der Waals surface area contributed by atoms with Crippen molar-refractivity contribution < 1.29 is 19.0 Å². The molecule has 1 rings (SSSR count). The van der Waals surface area contributed by atoms with Gasteiger partial charge < -0.3 is 10.2 Å². The van der Waals surface area contributed by atoms with Gasteiger partial charge in [-0.05, 0) is 20.8 Å². The van der Waals surface area contributed by atoms with E-state index in [2.05, 4.69) is 0 Å². The second-order valence-electron chi connectivity index (χ2n) is 4.57. The van der Waals surface area contributed by atoms with Crippen LogP contribution in [0.1, 0.15) is 26.3 Å². The second-order valence-corrected chi connectivity index (χ2v) is 4.57. The van der Waals surface area contributed by atoms with Crippen molar-refractivity contribution in [1.82, 2.24) is 0 Å². The average molecular weight is 230 g/mol. The van der Waals surface area contributed by atoms with Gasteiger partial charge >= 0.3 is 5.92 Å². The number of halogens is 2. The molecular formula is C12H16F2O2. The number of rotatable bonds is 3. The van der Waals surface area contributed by atoms with Crippen molar-refractivity contribution in [1.29, 1.82) is 0 Å². The van der Waals surface area contributed by atoms with Crippen LogP contribution >= 0.6 is 0 Å². The number of hydrogen-bond acceptors (Lipinski definition) is 2. The highest BCUT2D eigenvalue weighted by atomic mass is 19.3. The molecule has 4 heteroatoms. The highest BCUT2D eigenvalue weighted by Crippen LogP contribution is 2.44. The summed E-state index contributed by atoms with van der Waals surface area (Å²) < 4.78 is 28.0. The van der Waals surface area contributed by atoms with Gasteiger partial charge in [0, 0.05) is 5.56 Å². The summed E-state index contributed by atoms with van der Waals surface area (Å²) >= 11 is 0. The molecule has 0 heterocycles.